The Kier molecular flexibility index (Phi) is 2.72. The van der Waals surface area contributed by atoms with E-state index in [-0.39, 0.29) is 18.1 Å². The summed E-state index contributed by atoms with van der Waals surface area (Å²) in [6.07, 6.45) is 1.45. The second-order valence-electron chi connectivity index (χ2n) is 3.53. The van der Waals surface area contributed by atoms with Gasteiger partial charge in [-0.05, 0) is 19.1 Å². The third-order valence-corrected chi connectivity index (χ3v) is 2.09. The molecule has 0 atom stereocenters. The molecule has 0 unspecified atom stereocenters. The summed E-state index contributed by atoms with van der Waals surface area (Å²) < 4.78 is 0. The van der Waals surface area contributed by atoms with E-state index in [2.05, 4.69) is 9.98 Å². The van der Waals surface area contributed by atoms with Crippen molar-refractivity contribution in [3.63, 3.8) is 0 Å². The van der Waals surface area contributed by atoms with E-state index in [0.29, 0.717) is 16.4 Å². The van der Waals surface area contributed by atoms with Gasteiger partial charge in [0.15, 0.2) is 5.78 Å². The molecule has 0 radical (unpaired) electrons. The number of benzene rings is 1. The molecule has 0 spiro atoms. The maximum Gasteiger partial charge on any atom is 0.252 e. The Labute approximate surface area is 92.0 Å². The van der Waals surface area contributed by atoms with Crippen molar-refractivity contribution in [1.29, 1.82) is 0 Å². The second kappa shape index (κ2) is 4.18. The lowest BCUT2D eigenvalue weighted by Gasteiger charge is -1.93. The number of nitrogens with zero attached hydrogens (tertiary/aromatic N) is 2. The van der Waals surface area contributed by atoms with Gasteiger partial charge < -0.3 is 0 Å². The molecule has 2 rings (SSSR count). The fourth-order valence-corrected chi connectivity index (χ4v) is 1.49. The quantitative estimate of drug-likeness (QED) is 0.632. The van der Waals surface area contributed by atoms with E-state index in [1.165, 1.54) is 13.0 Å². The van der Waals surface area contributed by atoms with Crippen molar-refractivity contribution in [2.75, 3.05) is 0 Å². The SMILES string of the molecule is CC(=O)C=C1CC(=O)N=c2ccccc2=N1. The first kappa shape index (κ1) is 10.4. The molecule has 0 bridgehead atoms. The lowest BCUT2D eigenvalue weighted by atomic mass is 10.2. The average Bonchev–Trinajstić information content (AvgIpc) is 2.33. The van der Waals surface area contributed by atoms with Gasteiger partial charge in [-0.15, -0.1) is 0 Å². The molecule has 1 aromatic rings. The van der Waals surface area contributed by atoms with Gasteiger partial charge in [-0.1, -0.05) is 12.1 Å². The third-order valence-electron chi connectivity index (χ3n) is 2.09. The minimum Gasteiger partial charge on any atom is -0.295 e. The van der Waals surface area contributed by atoms with E-state index < -0.39 is 0 Å². The summed E-state index contributed by atoms with van der Waals surface area (Å²) in [4.78, 5) is 30.6. The maximum absolute atomic E-state index is 11.5. The summed E-state index contributed by atoms with van der Waals surface area (Å²) in [6, 6.07) is 7.11. The molecular weight excluding hydrogens is 204 g/mol. The minimum atomic E-state index is -0.277. The van der Waals surface area contributed by atoms with Crippen molar-refractivity contribution in [3.05, 3.63) is 46.8 Å². The molecule has 4 heteroatoms. The Hall–Kier alpha value is -2.10. The topological polar surface area (TPSA) is 58.9 Å². The largest absolute Gasteiger partial charge is 0.295 e. The van der Waals surface area contributed by atoms with Crippen LogP contribution in [0, 0.1) is 0 Å². The Morgan fingerprint density at radius 3 is 2.50 bits per heavy atom. The number of para-hydroxylation sites is 2. The van der Waals surface area contributed by atoms with Crippen molar-refractivity contribution in [1.82, 2.24) is 0 Å². The van der Waals surface area contributed by atoms with E-state index in [9.17, 15) is 9.59 Å². The molecule has 4 nitrogen and oxygen atoms in total. The fourth-order valence-electron chi connectivity index (χ4n) is 1.49. The molecule has 0 aliphatic carbocycles. The Morgan fingerprint density at radius 1 is 1.25 bits per heavy atom. The summed E-state index contributed by atoms with van der Waals surface area (Å²) in [5.41, 5.74) is 0.464. The molecule has 1 aliphatic heterocycles. The summed E-state index contributed by atoms with van der Waals surface area (Å²) in [6.45, 7) is 1.43. The molecular formula is C12H10N2O2. The first-order valence-electron chi connectivity index (χ1n) is 4.91. The number of ketones is 1. The van der Waals surface area contributed by atoms with Crippen LogP contribution in [0.15, 0.2) is 46.0 Å². The van der Waals surface area contributed by atoms with E-state index >= 15 is 0 Å². The standard InChI is InChI=1S/C12H10N2O2/c1-8(15)6-9-7-12(16)14-11-5-3-2-4-10(11)13-9/h2-6H,7H2,1H3. The fraction of sp³-hybridized carbons (Fsp3) is 0.167. The lowest BCUT2D eigenvalue weighted by Crippen LogP contribution is -2.24. The number of fused-ring (bicyclic) bond motifs is 1. The van der Waals surface area contributed by atoms with Crippen molar-refractivity contribution >= 4 is 11.7 Å². The Bertz CT molecular complexity index is 600. The molecule has 0 saturated carbocycles. The van der Waals surface area contributed by atoms with Gasteiger partial charge in [0.1, 0.15) is 0 Å². The highest BCUT2D eigenvalue weighted by atomic mass is 16.1. The predicted molar refractivity (Wildman–Crippen MR) is 57.1 cm³/mol. The summed E-state index contributed by atoms with van der Waals surface area (Å²) in [5, 5.41) is 1.18. The highest BCUT2D eigenvalue weighted by Gasteiger charge is 2.08. The second-order valence-corrected chi connectivity index (χ2v) is 3.53. The molecule has 0 aromatic heterocycles. The van der Waals surface area contributed by atoms with Crippen LogP contribution in [0.4, 0.5) is 0 Å². The Balaban J connectivity index is 2.67. The monoisotopic (exact) mass is 214 g/mol. The van der Waals surface area contributed by atoms with Crippen LogP contribution in [0.3, 0.4) is 0 Å². The van der Waals surface area contributed by atoms with E-state index in [1.807, 2.05) is 6.07 Å². The van der Waals surface area contributed by atoms with Crippen molar-refractivity contribution in [2.24, 2.45) is 9.98 Å². The summed E-state index contributed by atoms with van der Waals surface area (Å²) >= 11 is 0. The van der Waals surface area contributed by atoms with E-state index in [1.54, 1.807) is 18.2 Å². The first-order valence-corrected chi connectivity index (χ1v) is 4.91. The molecule has 1 amide bonds. The average molecular weight is 214 g/mol. The smallest absolute Gasteiger partial charge is 0.252 e. The number of hydrogen-bond acceptors (Lipinski definition) is 3. The summed E-state index contributed by atoms with van der Waals surface area (Å²) in [7, 11) is 0. The van der Waals surface area contributed by atoms with Crippen LogP contribution in [0.5, 0.6) is 0 Å². The Morgan fingerprint density at radius 2 is 1.88 bits per heavy atom. The maximum atomic E-state index is 11.5. The van der Waals surface area contributed by atoms with Gasteiger partial charge in [-0.2, -0.15) is 0 Å². The van der Waals surface area contributed by atoms with Gasteiger partial charge >= 0.3 is 0 Å². The third kappa shape index (κ3) is 2.28. The van der Waals surface area contributed by atoms with Crippen LogP contribution < -0.4 is 10.7 Å². The van der Waals surface area contributed by atoms with Gasteiger partial charge in [0.25, 0.3) is 5.91 Å². The van der Waals surface area contributed by atoms with Crippen LogP contribution in [0.25, 0.3) is 0 Å². The molecule has 16 heavy (non-hydrogen) atoms. The van der Waals surface area contributed by atoms with Crippen LogP contribution in [-0.4, -0.2) is 11.7 Å². The van der Waals surface area contributed by atoms with Gasteiger partial charge in [0.2, 0.25) is 0 Å². The number of allylic oxidation sites excluding steroid dienone is 1. The molecule has 1 heterocycles. The number of carbonyl (C=O) groups is 2. The lowest BCUT2D eigenvalue weighted by molar-refractivity contribution is -0.117. The molecule has 0 N–H and O–H groups in total. The molecule has 0 fully saturated rings. The van der Waals surface area contributed by atoms with Gasteiger partial charge in [-0.3, -0.25) is 14.6 Å². The minimum absolute atomic E-state index is 0.0776. The van der Waals surface area contributed by atoms with Crippen LogP contribution >= 0.6 is 0 Å². The molecule has 80 valence electrons. The number of amides is 1. The zero-order valence-corrected chi connectivity index (χ0v) is 8.80. The van der Waals surface area contributed by atoms with Crippen LogP contribution in [0.1, 0.15) is 13.3 Å². The molecule has 1 aromatic carbocycles. The van der Waals surface area contributed by atoms with Crippen LogP contribution in [-0.2, 0) is 9.59 Å². The van der Waals surface area contributed by atoms with Crippen molar-refractivity contribution in [3.8, 4) is 0 Å². The van der Waals surface area contributed by atoms with E-state index in [4.69, 9.17) is 0 Å². The van der Waals surface area contributed by atoms with E-state index in [0.717, 1.165) is 0 Å². The predicted octanol–water partition coefficient (Wildman–Crippen LogP) is 0.329. The zero-order chi connectivity index (χ0) is 11.5. The number of rotatable bonds is 1. The van der Waals surface area contributed by atoms with Crippen molar-refractivity contribution < 1.29 is 9.59 Å². The van der Waals surface area contributed by atoms with Crippen molar-refractivity contribution in [2.45, 2.75) is 13.3 Å². The molecule has 0 saturated heterocycles. The van der Waals surface area contributed by atoms with Gasteiger partial charge in [0.05, 0.1) is 22.8 Å². The highest BCUT2D eigenvalue weighted by molar-refractivity contribution is 5.89. The van der Waals surface area contributed by atoms with Gasteiger partial charge in [-0.25, -0.2) is 4.99 Å². The first-order chi connectivity index (χ1) is 7.65. The highest BCUT2D eigenvalue weighted by Crippen LogP contribution is 2.05. The summed E-state index contributed by atoms with van der Waals surface area (Å²) in [5.74, 6) is -0.396. The number of carbonyl (C=O) groups excluding carboxylic acids is 2. The molecule has 1 aliphatic rings. The van der Waals surface area contributed by atoms with Crippen LogP contribution in [0.2, 0.25) is 0 Å². The normalized spacial score (nSPS) is 17.1. The van der Waals surface area contributed by atoms with Gasteiger partial charge in [0, 0.05) is 6.08 Å². The zero-order valence-electron chi connectivity index (χ0n) is 8.80. The number of hydrogen-bond donors (Lipinski definition) is 0.